The van der Waals surface area contributed by atoms with Gasteiger partial charge in [0, 0.05) is 6.20 Å². The first-order chi connectivity index (χ1) is 7.79. The number of carbonyl (C=O) groups excluding carboxylic acids is 1. The Morgan fingerprint density at radius 1 is 1.41 bits per heavy atom. The summed E-state index contributed by atoms with van der Waals surface area (Å²) in [6.07, 6.45) is -3.41. The Balaban J connectivity index is 2.44. The van der Waals surface area contributed by atoms with Crippen molar-refractivity contribution in [2.24, 2.45) is 0 Å². The van der Waals surface area contributed by atoms with E-state index in [9.17, 15) is 23.1 Å². The van der Waals surface area contributed by atoms with Crippen LogP contribution in [0.25, 0.3) is 0 Å². The SMILES string of the molecule is O=C1C=C(O)N2C=C(C(F)(F)F)C=C(Cl)C2N1. The number of aliphatic hydroxyl groups excluding tert-OH is 1. The number of halogens is 4. The Bertz CT molecular complexity index is 467. The number of hydrogen-bond donors (Lipinski definition) is 2. The first-order valence-electron chi connectivity index (χ1n) is 4.44. The van der Waals surface area contributed by atoms with Crippen molar-refractivity contribution in [1.82, 2.24) is 10.2 Å². The molecule has 0 aromatic rings. The zero-order valence-corrected chi connectivity index (χ0v) is 8.88. The fourth-order valence-corrected chi connectivity index (χ4v) is 1.76. The van der Waals surface area contributed by atoms with Crippen molar-refractivity contribution >= 4 is 17.5 Å². The number of fused-ring (bicyclic) bond motifs is 1. The summed E-state index contributed by atoms with van der Waals surface area (Å²) in [5.74, 6) is -1.22. The smallest absolute Gasteiger partial charge is 0.417 e. The fraction of sp³-hybridized carbons (Fsp3) is 0.222. The van der Waals surface area contributed by atoms with Crippen molar-refractivity contribution in [1.29, 1.82) is 0 Å². The topological polar surface area (TPSA) is 52.6 Å². The Labute approximate surface area is 98.6 Å². The maximum absolute atomic E-state index is 12.5. The summed E-state index contributed by atoms with van der Waals surface area (Å²) in [5.41, 5.74) is -1.00. The number of hydrogen-bond acceptors (Lipinski definition) is 3. The van der Waals surface area contributed by atoms with Gasteiger partial charge in [0.1, 0.15) is 6.17 Å². The average Bonchev–Trinajstić information content (AvgIpc) is 2.17. The van der Waals surface area contributed by atoms with E-state index in [-0.39, 0.29) is 5.03 Å². The molecule has 8 heteroatoms. The molecule has 0 radical (unpaired) electrons. The number of nitrogens with zero attached hydrogens (tertiary/aromatic N) is 1. The standard InChI is InChI=1S/C9H6ClF3N2O2/c10-5-1-4(9(11,12)13)3-15-7(17)2-6(16)14-8(5)15/h1-3,8,17H,(H,14,16). The second-order valence-electron chi connectivity index (χ2n) is 3.43. The second kappa shape index (κ2) is 3.69. The average molecular weight is 267 g/mol. The van der Waals surface area contributed by atoms with E-state index in [0.717, 1.165) is 11.0 Å². The van der Waals surface area contributed by atoms with E-state index in [0.29, 0.717) is 12.3 Å². The minimum atomic E-state index is -4.58. The maximum Gasteiger partial charge on any atom is 0.417 e. The summed E-state index contributed by atoms with van der Waals surface area (Å²) in [6.45, 7) is 0. The molecule has 92 valence electrons. The minimum absolute atomic E-state index is 0.229. The number of amides is 1. The van der Waals surface area contributed by atoms with Gasteiger partial charge in [-0.2, -0.15) is 13.2 Å². The number of carbonyl (C=O) groups is 1. The van der Waals surface area contributed by atoms with Gasteiger partial charge in [-0.1, -0.05) is 11.6 Å². The molecule has 0 aromatic heterocycles. The van der Waals surface area contributed by atoms with Gasteiger partial charge in [-0.3, -0.25) is 9.69 Å². The molecule has 1 atom stereocenters. The molecular formula is C9H6ClF3N2O2. The lowest BCUT2D eigenvalue weighted by molar-refractivity contribution is -0.119. The van der Waals surface area contributed by atoms with Gasteiger partial charge in [0.05, 0.1) is 16.7 Å². The van der Waals surface area contributed by atoms with Gasteiger partial charge in [-0.25, -0.2) is 0 Å². The molecule has 0 aliphatic carbocycles. The van der Waals surface area contributed by atoms with E-state index in [2.05, 4.69) is 5.32 Å². The summed E-state index contributed by atoms with van der Waals surface area (Å²) >= 11 is 5.65. The van der Waals surface area contributed by atoms with Gasteiger partial charge in [0.2, 0.25) is 0 Å². The van der Waals surface area contributed by atoms with E-state index < -0.39 is 29.7 Å². The molecule has 0 bridgehead atoms. The number of aliphatic hydroxyl groups is 1. The van der Waals surface area contributed by atoms with Gasteiger partial charge < -0.3 is 10.4 Å². The van der Waals surface area contributed by atoms with E-state index in [1.165, 1.54) is 0 Å². The largest absolute Gasteiger partial charge is 0.494 e. The van der Waals surface area contributed by atoms with Crippen LogP contribution in [0.5, 0.6) is 0 Å². The molecule has 1 amide bonds. The van der Waals surface area contributed by atoms with Crippen LogP contribution in [0.3, 0.4) is 0 Å². The molecule has 2 aliphatic heterocycles. The number of nitrogens with one attached hydrogen (secondary N) is 1. The molecule has 0 saturated heterocycles. The van der Waals surface area contributed by atoms with Crippen LogP contribution >= 0.6 is 11.6 Å². The van der Waals surface area contributed by atoms with Crippen LogP contribution in [0.15, 0.2) is 34.8 Å². The molecule has 1 unspecified atom stereocenters. The van der Waals surface area contributed by atoms with Gasteiger partial charge in [-0.15, -0.1) is 0 Å². The Morgan fingerprint density at radius 3 is 2.65 bits per heavy atom. The highest BCUT2D eigenvalue weighted by molar-refractivity contribution is 6.30. The third-order valence-corrected chi connectivity index (χ3v) is 2.56. The molecule has 0 saturated carbocycles. The monoisotopic (exact) mass is 266 g/mol. The van der Waals surface area contributed by atoms with Crippen LogP contribution in [-0.2, 0) is 4.79 Å². The van der Waals surface area contributed by atoms with Crippen molar-refractivity contribution in [3.8, 4) is 0 Å². The molecule has 17 heavy (non-hydrogen) atoms. The van der Waals surface area contributed by atoms with Crippen LogP contribution in [-0.4, -0.2) is 28.3 Å². The van der Waals surface area contributed by atoms with Crippen molar-refractivity contribution in [2.45, 2.75) is 12.3 Å². The van der Waals surface area contributed by atoms with Crippen LogP contribution in [0.2, 0.25) is 0 Å². The molecule has 0 spiro atoms. The molecule has 0 fully saturated rings. The van der Waals surface area contributed by atoms with Crippen molar-refractivity contribution in [3.05, 3.63) is 34.8 Å². The summed E-state index contributed by atoms with van der Waals surface area (Å²) in [5, 5.41) is 11.5. The number of alkyl halides is 3. The number of allylic oxidation sites excluding steroid dienone is 2. The molecule has 4 nitrogen and oxygen atoms in total. The lowest BCUT2D eigenvalue weighted by atomic mass is 10.1. The molecular weight excluding hydrogens is 261 g/mol. The molecule has 2 aliphatic rings. The zero-order valence-electron chi connectivity index (χ0n) is 8.12. The maximum atomic E-state index is 12.5. The Morgan fingerprint density at radius 2 is 2.06 bits per heavy atom. The molecule has 2 heterocycles. The van der Waals surface area contributed by atoms with E-state index in [4.69, 9.17) is 11.6 Å². The quantitative estimate of drug-likeness (QED) is 0.702. The molecule has 0 aromatic carbocycles. The van der Waals surface area contributed by atoms with Crippen LogP contribution in [0, 0.1) is 0 Å². The minimum Gasteiger partial charge on any atom is -0.494 e. The summed E-state index contributed by atoms with van der Waals surface area (Å²) < 4.78 is 37.5. The van der Waals surface area contributed by atoms with E-state index in [1.807, 2.05) is 0 Å². The van der Waals surface area contributed by atoms with Crippen molar-refractivity contribution < 1.29 is 23.1 Å². The normalized spacial score (nSPS) is 24.5. The van der Waals surface area contributed by atoms with Crippen molar-refractivity contribution in [3.63, 3.8) is 0 Å². The Kier molecular flexibility index (Phi) is 2.57. The van der Waals surface area contributed by atoms with Gasteiger partial charge in [0.15, 0.2) is 5.88 Å². The van der Waals surface area contributed by atoms with E-state index >= 15 is 0 Å². The summed E-state index contributed by atoms with van der Waals surface area (Å²) in [6, 6.07) is 0. The third-order valence-electron chi connectivity index (χ3n) is 2.24. The second-order valence-corrected chi connectivity index (χ2v) is 3.87. The Hall–Kier alpha value is -1.63. The lowest BCUT2D eigenvalue weighted by Crippen LogP contribution is -2.50. The molecule has 2 rings (SSSR count). The van der Waals surface area contributed by atoms with Gasteiger partial charge >= 0.3 is 6.18 Å². The van der Waals surface area contributed by atoms with Crippen LogP contribution in [0.4, 0.5) is 13.2 Å². The predicted molar refractivity (Wildman–Crippen MR) is 52.6 cm³/mol. The summed E-state index contributed by atoms with van der Waals surface area (Å²) in [7, 11) is 0. The first kappa shape index (κ1) is 11.8. The third kappa shape index (κ3) is 2.10. The fourth-order valence-electron chi connectivity index (χ4n) is 1.48. The first-order valence-corrected chi connectivity index (χ1v) is 4.82. The lowest BCUT2D eigenvalue weighted by Gasteiger charge is -2.35. The highest BCUT2D eigenvalue weighted by Gasteiger charge is 2.39. The summed E-state index contributed by atoms with van der Waals surface area (Å²) in [4.78, 5) is 11.9. The molecule has 2 N–H and O–H groups in total. The van der Waals surface area contributed by atoms with E-state index in [1.54, 1.807) is 0 Å². The van der Waals surface area contributed by atoms with Gasteiger partial charge in [0.25, 0.3) is 5.91 Å². The van der Waals surface area contributed by atoms with Crippen LogP contribution < -0.4 is 5.32 Å². The van der Waals surface area contributed by atoms with Crippen molar-refractivity contribution in [2.75, 3.05) is 0 Å². The highest BCUT2D eigenvalue weighted by Crippen LogP contribution is 2.34. The highest BCUT2D eigenvalue weighted by atomic mass is 35.5. The van der Waals surface area contributed by atoms with Crippen LogP contribution in [0.1, 0.15) is 0 Å². The zero-order chi connectivity index (χ0) is 12.8. The van der Waals surface area contributed by atoms with Gasteiger partial charge in [-0.05, 0) is 6.08 Å². The number of rotatable bonds is 0. The predicted octanol–water partition coefficient (Wildman–Crippen LogP) is 1.73.